The number of guanidine groups is 1. The fourth-order valence-corrected chi connectivity index (χ4v) is 1.73. The third kappa shape index (κ3) is 7.57. The Morgan fingerprint density at radius 3 is 2.55 bits per heavy atom. The van der Waals surface area contributed by atoms with Gasteiger partial charge in [-0.05, 0) is 45.7 Å². The fraction of sp³-hybridized carbons (Fsp3) is 0.533. The molecule has 4 nitrogen and oxygen atoms in total. The highest BCUT2D eigenvalue weighted by atomic mass is 127. The van der Waals surface area contributed by atoms with Crippen LogP contribution in [0.2, 0.25) is 0 Å². The predicted molar refractivity (Wildman–Crippen MR) is 96.1 cm³/mol. The van der Waals surface area contributed by atoms with Crippen LogP contribution in [0.25, 0.3) is 0 Å². The molecule has 0 saturated carbocycles. The van der Waals surface area contributed by atoms with Crippen molar-refractivity contribution < 1.29 is 4.74 Å². The molecule has 3 N–H and O–H groups in total. The first-order chi connectivity index (χ1) is 8.92. The summed E-state index contributed by atoms with van der Waals surface area (Å²) in [5.41, 5.74) is 6.93. The highest BCUT2D eigenvalue weighted by Crippen LogP contribution is 2.18. The zero-order valence-electron chi connectivity index (χ0n) is 12.8. The summed E-state index contributed by atoms with van der Waals surface area (Å²) in [4.78, 5) is 4.33. The molecule has 20 heavy (non-hydrogen) atoms. The number of para-hydroxylation sites is 1. The third-order valence-electron chi connectivity index (χ3n) is 2.44. The van der Waals surface area contributed by atoms with Gasteiger partial charge in [0, 0.05) is 12.1 Å². The molecule has 0 fully saturated rings. The van der Waals surface area contributed by atoms with Gasteiger partial charge in [0.2, 0.25) is 0 Å². The van der Waals surface area contributed by atoms with Crippen LogP contribution in [0.3, 0.4) is 0 Å². The maximum absolute atomic E-state index is 5.83. The van der Waals surface area contributed by atoms with Gasteiger partial charge >= 0.3 is 0 Å². The number of hydrogen-bond acceptors (Lipinski definition) is 2. The summed E-state index contributed by atoms with van der Waals surface area (Å²) < 4.78 is 5.58. The monoisotopic (exact) mass is 391 g/mol. The molecule has 5 heteroatoms. The molecule has 0 heterocycles. The second kappa shape index (κ2) is 9.05. The lowest BCUT2D eigenvalue weighted by atomic mass is 10.1. The van der Waals surface area contributed by atoms with E-state index in [0.717, 1.165) is 17.7 Å². The van der Waals surface area contributed by atoms with Gasteiger partial charge in [0.25, 0.3) is 0 Å². The number of nitrogens with one attached hydrogen (secondary N) is 1. The quantitative estimate of drug-likeness (QED) is 0.461. The molecule has 0 amide bonds. The Morgan fingerprint density at radius 2 is 1.95 bits per heavy atom. The standard InChI is InChI=1S/C15H25N3O.HI/c1-5-19-13-9-7-6-8-12(13)10-11-17-14(16)18-15(2,3)4;/h6-9H,5,10-11H2,1-4H3,(H3,16,17,18);1H. The summed E-state index contributed by atoms with van der Waals surface area (Å²) in [5, 5.41) is 3.14. The van der Waals surface area contributed by atoms with Crippen LogP contribution in [0.5, 0.6) is 5.75 Å². The van der Waals surface area contributed by atoms with Crippen molar-refractivity contribution in [1.29, 1.82) is 0 Å². The van der Waals surface area contributed by atoms with Crippen molar-refractivity contribution in [2.24, 2.45) is 10.7 Å². The van der Waals surface area contributed by atoms with E-state index in [1.165, 1.54) is 0 Å². The molecule has 0 saturated heterocycles. The summed E-state index contributed by atoms with van der Waals surface area (Å²) >= 11 is 0. The Balaban J connectivity index is 0.00000361. The number of benzene rings is 1. The van der Waals surface area contributed by atoms with E-state index in [0.29, 0.717) is 19.1 Å². The molecule has 0 aliphatic rings. The van der Waals surface area contributed by atoms with Crippen LogP contribution in [0.15, 0.2) is 29.3 Å². The molecular weight excluding hydrogens is 365 g/mol. The van der Waals surface area contributed by atoms with Crippen LogP contribution in [0.4, 0.5) is 0 Å². The van der Waals surface area contributed by atoms with E-state index in [2.05, 4.69) is 37.1 Å². The van der Waals surface area contributed by atoms with Crippen molar-refractivity contribution in [1.82, 2.24) is 5.32 Å². The van der Waals surface area contributed by atoms with Crippen molar-refractivity contribution in [2.45, 2.75) is 39.7 Å². The van der Waals surface area contributed by atoms with Crippen LogP contribution < -0.4 is 15.8 Å². The molecular formula is C15H26IN3O. The minimum Gasteiger partial charge on any atom is -0.494 e. The summed E-state index contributed by atoms with van der Waals surface area (Å²) in [5.74, 6) is 1.42. The van der Waals surface area contributed by atoms with Gasteiger partial charge in [0.15, 0.2) is 5.96 Å². The Kier molecular flexibility index (Phi) is 8.60. The lowest BCUT2D eigenvalue weighted by Crippen LogP contribution is -2.45. The molecule has 114 valence electrons. The second-order valence-corrected chi connectivity index (χ2v) is 5.43. The number of nitrogens with zero attached hydrogens (tertiary/aromatic N) is 1. The number of ether oxygens (including phenoxy) is 1. The van der Waals surface area contributed by atoms with Crippen molar-refractivity contribution in [2.75, 3.05) is 13.2 Å². The summed E-state index contributed by atoms with van der Waals surface area (Å²) in [6.07, 6.45) is 0.822. The van der Waals surface area contributed by atoms with E-state index >= 15 is 0 Å². The third-order valence-corrected chi connectivity index (χ3v) is 2.44. The number of aliphatic imine (C=N–C) groups is 1. The Hall–Kier alpha value is -0.980. The number of halogens is 1. The van der Waals surface area contributed by atoms with Gasteiger partial charge in [-0.15, -0.1) is 24.0 Å². The lowest BCUT2D eigenvalue weighted by molar-refractivity contribution is 0.336. The predicted octanol–water partition coefficient (Wildman–Crippen LogP) is 2.95. The zero-order chi connectivity index (χ0) is 14.3. The topological polar surface area (TPSA) is 59.6 Å². The Morgan fingerprint density at radius 1 is 1.30 bits per heavy atom. The van der Waals surface area contributed by atoms with Crippen LogP contribution in [-0.4, -0.2) is 24.7 Å². The average molecular weight is 391 g/mol. The van der Waals surface area contributed by atoms with Crippen LogP contribution in [-0.2, 0) is 6.42 Å². The number of rotatable bonds is 5. The van der Waals surface area contributed by atoms with Crippen molar-refractivity contribution in [3.05, 3.63) is 29.8 Å². The minimum atomic E-state index is -0.0587. The molecule has 0 aliphatic carbocycles. The normalized spacial score (nSPS) is 11.7. The van der Waals surface area contributed by atoms with Gasteiger partial charge in [-0.25, -0.2) is 0 Å². The number of hydrogen-bond donors (Lipinski definition) is 2. The van der Waals surface area contributed by atoms with Gasteiger partial charge in [0.1, 0.15) is 5.75 Å². The first-order valence-electron chi connectivity index (χ1n) is 6.71. The molecule has 0 aliphatic heterocycles. The van der Waals surface area contributed by atoms with Crippen molar-refractivity contribution in [3.63, 3.8) is 0 Å². The van der Waals surface area contributed by atoms with Gasteiger partial charge in [-0.1, -0.05) is 18.2 Å². The van der Waals surface area contributed by atoms with Gasteiger partial charge < -0.3 is 15.8 Å². The largest absolute Gasteiger partial charge is 0.494 e. The maximum Gasteiger partial charge on any atom is 0.188 e. The maximum atomic E-state index is 5.83. The van der Waals surface area contributed by atoms with E-state index < -0.39 is 0 Å². The molecule has 0 bridgehead atoms. The highest BCUT2D eigenvalue weighted by molar-refractivity contribution is 14.0. The average Bonchev–Trinajstić information content (AvgIpc) is 2.29. The molecule has 0 atom stereocenters. The summed E-state index contributed by atoms with van der Waals surface area (Å²) in [6.45, 7) is 9.48. The van der Waals surface area contributed by atoms with E-state index in [9.17, 15) is 0 Å². The molecule has 1 aromatic rings. The van der Waals surface area contributed by atoms with E-state index in [1.54, 1.807) is 0 Å². The van der Waals surface area contributed by atoms with Crippen LogP contribution in [0.1, 0.15) is 33.3 Å². The zero-order valence-corrected chi connectivity index (χ0v) is 15.1. The van der Waals surface area contributed by atoms with Crippen LogP contribution >= 0.6 is 24.0 Å². The highest BCUT2D eigenvalue weighted by Gasteiger charge is 2.09. The van der Waals surface area contributed by atoms with E-state index in [4.69, 9.17) is 10.5 Å². The minimum absolute atomic E-state index is 0. The molecule has 1 aromatic carbocycles. The van der Waals surface area contributed by atoms with Crippen LogP contribution in [0, 0.1) is 0 Å². The van der Waals surface area contributed by atoms with Gasteiger partial charge in [0.05, 0.1) is 6.61 Å². The summed E-state index contributed by atoms with van der Waals surface area (Å²) in [7, 11) is 0. The molecule has 0 radical (unpaired) electrons. The van der Waals surface area contributed by atoms with Gasteiger partial charge in [-0.2, -0.15) is 0 Å². The fourth-order valence-electron chi connectivity index (χ4n) is 1.73. The first kappa shape index (κ1) is 19.0. The Bertz CT molecular complexity index is 427. The van der Waals surface area contributed by atoms with Crippen molar-refractivity contribution >= 4 is 29.9 Å². The SMILES string of the molecule is CCOc1ccccc1CCN=C(N)NC(C)(C)C.I. The lowest BCUT2D eigenvalue weighted by Gasteiger charge is -2.21. The Labute approximate surface area is 139 Å². The van der Waals surface area contributed by atoms with E-state index in [1.807, 2.05) is 25.1 Å². The molecule has 0 aromatic heterocycles. The first-order valence-corrected chi connectivity index (χ1v) is 6.71. The molecule has 0 spiro atoms. The molecule has 0 unspecified atom stereocenters. The summed E-state index contributed by atoms with van der Waals surface area (Å²) in [6, 6.07) is 8.04. The van der Waals surface area contributed by atoms with Crippen molar-refractivity contribution in [3.8, 4) is 5.75 Å². The second-order valence-electron chi connectivity index (χ2n) is 5.43. The number of nitrogens with two attached hydrogens (primary N) is 1. The van der Waals surface area contributed by atoms with E-state index in [-0.39, 0.29) is 29.5 Å². The van der Waals surface area contributed by atoms with Gasteiger partial charge in [-0.3, -0.25) is 4.99 Å². The molecule has 1 rings (SSSR count). The smallest absolute Gasteiger partial charge is 0.188 e.